The molecular weight excluding hydrogens is 336 g/mol. The molecule has 0 atom stereocenters. The normalized spacial score (nSPS) is 15.6. The van der Waals surface area contributed by atoms with E-state index in [1.54, 1.807) is 11.3 Å². The maximum atomic E-state index is 4.58. The number of piperidine rings is 1. The van der Waals surface area contributed by atoms with Gasteiger partial charge in [0.2, 0.25) is 0 Å². The van der Waals surface area contributed by atoms with Crippen LogP contribution in [0.2, 0.25) is 0 Å². The van der Waals surface area contributed by atoms with E-state index in [-0.39, 0.29) is 0 Å². The molecule has 3 heteroatoms. The zero-order valence-corrected chi connectivity index (χ0v) is 16.3. The van der Waals surface area contributed by atoms with Crippen molar-refractivity contribution in [1.82, 2.24) is 4.98 Å². The van der Waals surface area contributed by atoms with Crippen LogP contribution in [0, 0.1) is 5.92 Å². The average Bonchev–Trinajstić information content (AvgIpc) is 3.18. The zero-order chi connectivity index (χ0) is 17.6. The highest BCUT2D eigenvalue weighted by Gasteiger charge is 2.20. The van der Waals surface area contributed by atoms with Crippen LogP contribution in [-0.2, 0) is 6.42 Å². The van der Waals surface area contributed by atoms with Crippen molar-refractivity contribution >= 4 is 27.2 Å². The first-order valence-electron chi connectivity index (χ1n) is 10.0. The van der Waals surface area contributed by atoms with Gasteiger partial charge in [0.25, 0.3) is 0 Å². The average molecular weight is 365 g/mol. The van der Waals surface area contributed by atoms with Crippen molar-refractivity contribution in [2.75, 3.05) is 18.0 Å². The predicted octanol–water partition coefficient (Wildman–Crippen LogP) is 6.32. The van der Waals surface area contributed by atoms with Crippen molar-refractivity contribution in [3.8, 4) is 0 Å². The smallest absolute Gasteiger partial charge is 0.104 e. The lowest BCUT2D eigenvalue weighted by molar-refractivity contribution is 0.367. The molecule has 1 fully saturated rings. The fraction of sp³-hybridized carbons (Fsp3) is 0.435. The Morgan fingerprint density at radius 3 is 2.62 bits per heavy atom. The van der Waals surface area contributed by atoms with Gasteiger partial charge in [-0.15, -0.1) is 11.3 Å². The molecule has 26 heavy (non-hydrogen) atoms. The number of aryl methyl sites for hydroxylation is 1. The topological polar surface area (TPSA) is 16.1 Å². The lowest BCUT2D eigenvalue weighted by Crippen LogP contribution is -2.33. The van der Waals surface area contributed by atoms with Gasteiger partial charge >= 0.3 is 0 Å². The highest BCUT2D eigenvalue weighted by molar-refractivity contribution is 7.16. The molecule has 1 aliphatic heterocycles. The van der Waals surface area contributed by atoms with Gasteiger partial charge in [0.05, 0.1) is 15.9 Å². The molecule has 2 heterocycles. The van der Waals surface area contributed by atoms with Crippen LogP contribution in [-0.4, -0.2) is 18.1 Å². The van der Waals surface area contributed by atoms with Crippen LogP contribution < -0.4 is 4.90 Å². The molecule has 1 aliphatic rings. The number of aromatic nitrogens is 1. The summed E-state index contributed by atoms with van der Waals surface area (Å²) >= 11 is 1.74. The van der Waals surface area contributed by atoms with Gasteiger partial charge in [-0.25, -0.2) is 4.98 Å². The van der Waals surface area contributed by atoms with Crippen molar-refractivity contribution < 1.29 is 0 Å². The Balaban J connectivity index is 1.19. The molecule has 3 aromatic rings. The molecule has 136 valence electrons. The molecule has 0 amide bonds. The Bertz CT molecular complexity index is 803. The maximum absolute atomic E-state index is 4.58. The second-order valence-electron chi connectivity index (χ2n) is 7.49. The third-order valence-corrected chi connectivity index (χ3v) is 6.51. The molecule has 2 nitrogen and oxygen atoms in total. The number of thiazole rings is 1. The van der Waals surface area contributed by atoms with Gasteiger partial charge in [0.15, 0.2) is 0 Å². The maximum Gasteiger partial charge on any atom is 0.104 e. The van der Waals surface area contributed by atoms with E-state index in [0.717, 1.165) is 5.92 Å². The summed E-state index contributed by atoms with van der Waals surface area (Å²) in [5.74, 6) is 0.914. The van der Waals surface area contributed by atoms with Crippen LogP contribution in [0.25, 0.3) is 10.2 Å². The SMILES string of the molecule is c1ccc(CCCCCC2CCN(c3cccc4scnc34)CC2)cc1. The van der Waals surface area contributed by atoms with Crippen LogP contribution in [0.5, 0.6) is 0 Å². The third kappa shape index (κ3) is 4.27. The van der Waals surface area contributed by atoms with Crippen molar-refractivity contribution in [2.45, 2.75) is 44.9 Å². The molecule has 1 saturated heterocycles. The molecule has 0 aliphatic carbocycles. The number of para-hydroxylation sites is 1. The fourth-order valence-corrected chi connectivity index (χ4v) is 4.87. The Labute approximate surface area is 160 Å². The Hall–Kier alpha value is -1.87. The van der Waals surface area contributed by atoms with Gasteiger partial charge < -0.3 is 4.90 Å². The summed E-state index contributed by atoms with van der Waals surface area (Å²) in [6.45, 7) is 2.37. The molecule has 0 unspecified atom stereocenters. The Morgan fingerprint density at radius 2 is 1.77 bits per heavy atom. The number of fused-ring (bicyclic) bond motifs is 1. The molecule has 1 aromatic heterocycles. The van der Waals surface area contributed by atoms with Gasteiger partial charge in [-0.1, -0.05) is 55.7 Å². The third-order valence-electron chi connectivity index (χ3n) is 5.72. The number of benzene rings is 2. The number of nitrogens with zero attached hydrogens (tertiary/aromatic N) is 2. The van der Waals surface area contributed by atoms with E-state index in [9.17, 15) is 0 Å². The number of hydrogen-bond donors (Lipinski definition) is 0. The van der Waals surface area contributed by atoms with Crippen LogP contribution in [0.1, 0.15) is 44.1 Å². The minimum atomic E-state index is 0.914. The highest BCUT2D eigenvalue weighted by Crippen LogP contribution is 2.32. The van der Waals surface area contributed by atoms with E-state index >= 15 is 0 Å². The molecule has 2 aromatic carbocycles. The van der Waals surface area contributed by atoms with Gasteiger partial charge in [-0.2, -0.15) is 0 Å². The van der Waals surface area contributed by atoms with Crippen LogP contribution in [0.15, 0.2) is 54.0 Å². The minimum absolute atomic E-state index is 0.914. The van der Waals surface area contributed by atoms with E-state index in [1.165, 1.54) is 79.5 Å². The highest BCUT2D eigenvalue weighted by atomic mass is 32.1. The van der Waals surface area contributed by atoms with Gasteiger partial charge in [0.1, 0.15) is 5.52 Å². The van der Waals surface area contributed by atoms with E-state index < -0.39 is 0 Å². The number of anilines is 1. The number of rotatable bonds is 7. The molecule has 0 N–H and O–H groups in total. The summed E-state index contributed by atoms with van der Waals surface area (Å²) in [6, 6.07) is 17.5. The summed E-state index contributed by atoms with van der Waals surface area (Å²) < 4.78 is 1.31. The first-order chi connectivity index (χ1) is 12.9. The first-order valence-corrected chi connectivity index (χ1v) is 10.9. The standard InChI is InChI=1S/C23H28N2S/c1-3-8-19(9-4-1)10-5-2-6-11-20-14-16-25(17-15-20)21-12-7-13-22-23(21)24-18-26-22/h1,3-4,7-9,12-13,18,20H,2,5-6,10-11,14-17H2. The summed E-state index contributed by atoms with van der Waals surface area (Å²) in [6.07, 6.45) is 9.39. The van der Waals surface area contributed by atoms with Gasteiger partial charge in [-0.3, -0.25) is 0 Å². The summed E-state index contributed by atoms with van der Waals surface area (Å²) in [5, 5.41) is 0. The summed E-state index contributed by atoms with van der Waals surface area (Å²) in [4.78, 5) is 7.13. The molecular formula is C23H28N2S. The molecule has 4 rings (SSSR count). The van der Waals surface area contributed by atoms with Gasteiger partial charge in [0, 0.05) is 13.1 Å². The van der Waals surface area contributed by atoms with E-state index in [2.05, 4.69) is 58.4 Å². The Morgan fingerprint density at radius 1 is 0.923 bits per heavy atom. The molecule has 0 saturated carbocycles. The van der Waals surface area contributed by atoms with Crippen LogP contribution in [0.4, 0.5) is 5.69 Å². The van der Waals surface area contributed by atoms with Crippen molar-refractivity contribution in [3.63, 3.8) is 0 Å². The largest absolute Gasteiger partial charge is 0.370 e. The van der Waals surface area contributed by atoms with E-state index in [4.69, 9.17) is 0 Å². The monoisotopic (exact) mass is 364 g/mol. The molecule has 0 bridgehead atoms. The Kier molecular flexibility index (Phi) is 5.85. The summed E-state index contributed by atoms with van der Waals surface area (Å²) in [5.41, 5.74) is 5.98. The zero-order valence-electron chi connectivity index (χ0n) is 15.4. The lowest BCUT2D eigenvalue weighted by Gasteiger charge is -2.33. The number of unbranched alkanes of at least 4 members (excludes halogenated alkanes) is 2. The second kappa shape index (κ2) is 8.68. The van der Waals surface area contributed by atoms with Crippen molar-refractivity contribution in [1.29, 1.82) is 0 Å². The van der Waals surface area contributed by atoms with Crippen molar-refractivity contribution in [2.24, 2.45) is 5.92 Å². The second-order valence-corrected chi connectivity index (χ2v) is 8.38. The van der Waals surface area contributed by atoms with Gasteiger partial charge in [-0.05, 0) is 49.3 Å². The first kappa shape index (κ1) is 17.5. The molecule has 0 spiro atoms. The minimum Gasteiger partial charge on any atom is -0.370 e. The van der Waals surface area contributed by atoms with E-state index in [0.29, 0.717) is 0 Å². The fourth-order valence-electron chi connectivity index (χ4n) is 4.17. The van der Waals surface area contributed by atoms with E-state index in [1.807, 2.05) is 5.51 Å². The number of hydrogen-bond acceptors (Lipinski definition) is 3. The molecule has 0 radical (unpaired) electrons. The predicted molar refractivity (Wildman–Crippen MR) is 113 cm³/mol. The quantitative estimate of drug-likeness (QED) is 0.456. The van der Waals surface area contributed by atoms with Crippen molar-refractivity contribution in [3.05, 3.63) is 59.6 Å². The lowest BCUT2D eigenvalue weighted by atomic mass is 9.90. The van der Waals surface area contributed by atoms with Crippen LogP contribution >= 0.6 is 11.3 Å². The van der Waals surface area contributed by atoms with Crippen LogP contribution in [0.3, 0.4) is 0 Å². The summed E-state index contributed by atoms with van der Waals surface area (Å²) in [7, 11) is 0.